The molecule has 0 spiro atoms. The number of phenolic OH excluding ortho intramolecular Hbond substituents is 1. The smallest absolute Gasteiger partial charge is 0.331 e. The van der Waals surface area contributed by atoms with Gasteiger partial charge in [0.15, 0.2) is 6.04 Å². The van der Waals surface area contributed by atoms with Crippen LogP contribution >= 0.6 is 22.9 Å². The number of sulfonamides is 1. The molecule has 2 heterocycles. The van der Waals surface area contributed by atoms with Crippen molar-refractivity contribution in [1.29, 1.82) is 0 Å². The van der Waals surface area contributed by atoms with E-state index in [1.54, 1.807) is 24.3 Å². The summed E-state index contributed by atoms with van der Waals surface area (Å²) >= 11 is 7.13. The minimum Gasteiger partial charge on any atom is -0.506 e. The Labute approximate surface area is 211 Å². The van der Waals surface area contributed by atoms with Crippen LogP contribution in [0.4, 0.5) is 0 Å². The van der Waals surface area contributed by atoms with Crippen molar-refractivity contribution in [3.63, 3.8) is 0 Å². The van der Waals surface area contributed by atoms with Crippen LogP contribution in [0.1, 0.15) is 17.3 Å². The monoisotopic (exact) mass is 532 g/mol. The summed E-state index contributed by atoms with van der Waals surface area (Å²) in [6.45, 7) is -0.111. The lowest BCUT2D eigenvalue weighted by Crippen LogP contribution is -2.24. The van der Waals surface area contributed by atoms with Crippen molar-refractivity contribution in [2.75, 3.05) is 7.11 Å². The van der Waals surface area contributed by atoms with Crippen LogP contribution in [0, 0.1) is 0 Å². The second-order valence-electron chi connectivity index (χ2n) is 7.53. The molecule has 0 aliphatic rings. The highest BCUT2D eigenvalue weighted by Gasteiger charge is 2.24. The molecule has 182 valence electrons. The zero-order chi connectivity index (χ0) is 25.0. The summed E-state index contributed by atoms with van der Waals surface area (Å²) in [5.41, 5.74) is 1.93. The average Bonchev–Trinajstić information content (AvgIpc) is 3.54. The zero-order valence-electron chi connectivity index (χ0n) is 18.5. The molecule has 0 bridgehead atoms. The van der Waals surface area contributed by atoms with E-state index in [0.29, 0.717) is 11.3 Å². The fraction of sp³-hybridized carbons (Fsp3) is 0.174. The molecule has 2 aromatic heterocycles. The number of thiophene rings is 1. The highest BCUT2D eigenvalue weighted by molar-refractivity contribution is 7.91. The molecule has 0 saturated carbocycles. The molecule has 12 heteroatoms. The van der Waals surface area contributed by atoms with Gasteiger partial charge in [0.05, 0.1) is 30.6 Å². The minimum absolute atomic E-state index is 0.0676. The SMILES string of the molecule is COC(=O)[C@H](Cc1ccc(O)c(Cl)c1)n1cc(CNS(=O)(=O)c2ccc(-c3ccccc3)s2)nn1. The Kier molecular flexibility index (Phi) is 7.51. The van der Waals surface area contributed by atoms with Crippen molar-refractivity contribution in [3.05, 3.63) is 83.1 Å². The van der Waals surface area contributed by atoms with Crippen LogP contribution in [0.25, 0.3) is 10.4 Å². The first-order chi connectivity index (χ1) is 16.8. The number of halogens is 1. The van der Waals surface area contributed by atoms with Crippen LogP contribution in [-0.4, -0.2) is 41.6 Å². The van der Waals surface area contributed by atoms with Crippen LogP contribution in [0.15, 0.2) is 71.1 Å². The molecule has 0 unspecified atom stereocenters. The van der Waals surface area contributed by atoms with Crippen molar-refractivity contribution < 1.29 is 23.1 Å². The number of methoxy groups -OCH3 is 1. The number of hydrogen-bond donors (Lipinski definition) is 2. The van der Waals surface area contributed by atoms with Gasteiger partial charge >= 0.3 is 5.97 Å². The first-order valence-corrected chi connectivity index (χ1v) is 13.1. The summed E-state index contributed by atoms with van der Waals surface area (Å²) < 4.78 is 34.5. The Bertz CT molecular complexity index is 1440. The molecular weight excluding hydrogens is 512 g/mol. The zero-order valence-corrected chi connectivity index (χ0v) is 20.8. The Morgan fingerprint density at radius 2 is 1.97 bits per heavy atom. The lowest BCUT2D eigenvalue weighted by Gasteiger charge is -2.15. The van der Waals surface area contributed by atoms with Gasteiger partial charge in [0.25, 0.3) is 0 Å². The van der Waals surface area contributed by atoms with E-state index in [2.05, 4.69) is 15.0 Å². The molecule has 2 N–H and O–H groups in total. The molecule has 35 heavy (non-hydrogen) atoms. The van der Waals surface area contributed by atoms with Crippen molar-refractivity contribution in [2.45, 2.75) is 23.2 Å². The number of carbonyl (C=O) groups excluding carboxylic acids is 1. The largest absolute Gasteiger partial charge is 0.506 e. The van der Waals surface area contributed by atoms with E-state index in [4.69, 9.17) is 16.3 Å². The normalized spacial score (nSPS) is 12.4. The third-order valence-electron chi connectivity index (χ3n) is 5.14. The second kappa shape index (κ2) is 10.6. The standard InChI is InChI=1S/C23H21ClN4O5S2/c1-33-23(30)19(12-15-7-8-20(29)18(24)11-15)28-14-17(26-27-28)13-25-35(31,32)22-10-9-21(34-22)16-5-3-2-4-6-16/h2-11,14,19,25,29H,12-13H2,1H3/t19-/m0/s1. The Balaban J connectivity index is 1.46. The average molecular weight is 533 g/mol. The highest BCUT2D eigenvalue weighted by Crippen LogP contribution is 2.30. The van der Waals surface area contributed by atoms with Gasteiger partial charge in [-0.3, -0.25) is 0 Å². The van der Waals surface area contributed by atoms with Gasteiger partial charge in [-0.05, 0) is 35.4 Å². The summed E-state index contributed by atoms with van der Waals surface area (Å²) in [6, 6.07) is 16.6. The number of aromatic nitrogens is 3. The molecular formula is C23H21ClN4O5S2. The molecule has 0 saturated heterocycles. The molecule has 2 aromatic carbocycles. The lowest BCUT2D eigenvalue weighted by atomic mass is 10.1. The molecule has 1 atom stereocenters. The number of ether oxygens (including phenoxy) is 1. The van der Waals surface area contributed by atoms with Crippen LogP contribution in [0.3, 0.4) is 0 Å². The number of hydrogen-bond acceptors (Lipinski definition) is 8. The lowest BCUT2D eigenvalue weighted by molar-refractivity contribution is -0.144. The van der Waals surface area contributed by atoms with E-state index in [1.807, 2.05) is 30.3 Å². The van der Waals surface area contributed by atoms with Crippen molar-refractivity contribution in [2.24, 2.45) is 0 Å². The maximum Gasteiger partial charge on any atom is 0.331 e. The van der Waals surface area contributed by atoms with Crippen LogP contribution < -0.4 is 4.72 Å². The van der Waals surface area contributed by atoms with Crippen LogP contribution in [0.5, 0.6) is 5.75 Å². The number of aromatic hydroxyl groups is 1. The van der Waals surface area contributed by atoms with E-state index < -0.39 is 22.0 Å². The molecule has 0 fully saturated rings. The van der Waals surface area contributed by atoms with Gasteiger partial charge in [0, 0.05) is 11.3 Å². The highest BCUT2D eigenvalue weighted by atomic mass is 35.5. The van der Waals surface area contributed by atoms with Gasteiger partial charge in [0.1, 0.15) is 9.96 Å². The number of rotatable bonds is 9. The van der Waals surface area contributed by atoms with Crippen LogP contribution in [0.2, 0.25) is 5.02 Å². The van der Waals surface area contributed by atoms with E-state index in [9.17, 15) is 18.3 Å². The maximum atomic E-state index is 12.8. The van der Waals surface area contributed by atoms with Gasteiger partial charge in [0.2, 0.25) is 10.0 Å². The third-order valence-corrected chi connectivity index (χ3v) is 8.47. The van der Waals surface area contributed by atoms with Gasteiger partial charge in [-0.1, -0.05) is 53.2 Å². The summed E-state index contributed by atoms with van der Waals surface area (Å²) in [5, 5.41) is 17.8. The molecule has 0 amide bonds. The molecule has 0 radical (unpaired) electrons. The fourth-order valence-electron chi connectivity index (χ4n) is 3.33. The quantitative estimate of drug-likeness (QED) is 0.314. The predicted molar refractivity (Wildman–Crippen MR) is 132 cm³/mol. The number of esters is 1. The minimum atomic E-state index is -3.77. The first kappa shape index (κ1) is 24.9. The number of phenols is 1. The number of nitrogens with one attached hydrogen (secondary N) is 1. The van der Waals surface area contributed by atoms with Crippen molar-refractivity contribution >= 4 is 38.9 Å². The summed E-state index contributed by atoms with van der Waals surface area (Å²) in [6.07, 6.45) is 1.66. The van der Waals surface area contributed by atoms with Gasteiger partial charge < -0.3 is 9.84 Å². The van der Waals surface area contributed by atoms with E-state index in [0.717, 1.165) is 10.4 Å². The van der Waals surface area contributed by atoms with Crippen molar-refractivity contribution in [3.8, 4) is 16.2 Å². The summed E-state index contributed by atoms with van der Waals surface area (Å²) in [7, 11) is -2.51. The summed E-state index contributed by atoms with van der Waals surface area (Å²) in [5.74, 6) is -0.625. The van der Waals surface area contributed by atoms with E-state index in [-0.39, 0.29) is 27.9 Å². The summed E-state index contributed by atoms with van der Waals surface area (Å²) in [4.78, 5) is 13.2. The molecule has 0 aliphatic heterocycles. The van der Waals surface area contributed by atoms with Gasteiger partial charge in [-0.2, -0.15) is 0 Å². The Hall–Kier alpha value is -3.25. The Morgan fingerprint density at radius 3 is 2.69 bits per heavy atom. The topological polar surface area (TPSA) is 123 Å². The van der Waals surface area contributed by atoms with Gasteiger partial charge in [-0.25, -0.2) is 22.6 Å². The number of nitrogens with zero attached hydrogens (tertiary/aromatic N) is 3. The molecule has 0 aliphatic carbocycles. The Morgan fingerprint density at radius 1 is 1.20 bits per heavy atom. The van der Waals surface area contributed by atoms with Gasteiger partial charge in [-0.15, -0.1) is 16.4 Å². The number of benzene rings is 2. The van der Waals surface area contributed by atoms with E-state index >= 15 is 0 Å². The first-order valence-electron chi connectivity index (χ1n) is 10.4. The maximum absolute atomic E-state index is 12.8. The molecule has 4 rings (SSSR count). The van der Waals surface area contributed by atoms with Crippen molar-refractivity contribution in [1.82, 2.24) is 19.7 Å². The molecule has 9 nitrogen and oxygen atoms in total. The number of carbonyl (C=O) groups is 1. The van der Waals surface area contributed by atoms with E-state index in [1.165, 1.54) is 35.4 Å². The fourth-order valence-corrected chi connectivity index (χ4v) is 5.89. The second-order valence-corrected chi connectivity index (χ2v) is 11.0. The predicted octanol–water partition coefficient (Wildman–Crippen LogP) is 3.80. The third kappa shape index (κ3) is 5.88. The van der Waals surface area contributed by atoms with Crippen LogP contribution in [-0.2, 0) is 32.5 Å². The molecule has 4 aromatic rings.